The number of nitrogens with one attached hydrogen (secondary N) is 2. The van der Waals surface area contributed by atoms with Crippen LogP contribution in [0, 0.1) is 0 Å². The number of hydrogen-bond acceptors (Lipinski definition) is 4. The van der Waals surface area contributed by atoms with Crippen LogP contribution in [0.5, 0.6) is 0 Å². The zero-order valence-electron chi connectivity index (χ0n) is 17.4. The molecule has 8 heteroatoms. The van der Waals surface area contributed by atoms with Crippen LogP contribution in [0.25, 0.3) is 0 Å². The fraction of sp³-hybridized carbons (Fsp3) is 0.476. The fourth-order valence-corrected chi connectivity index (χ4v) is 3.49. The molecule has 0 saturated carbocycles. The molecule has 1 aromatic carbocycles. The van der Waals surface area contributed by atoms with Gasteiger partial charge in [-0.2, -0.15) is 5.10 Å². The highest BCUT2D eigenvalue weighted by molar-refractivity contribution is 6.34. The number of amides is 2. The van der Waals surface area contributed by atoms with Crippen LogP contribution in [0.2, 0.25) is 5.02 Å². The van der Waals surface area contributed by atoms with E-state index in [-0.39, 0.29) is 17.2 Å². The molecule has 156 valence electrons. The highest BCUT2D eigenvalue weighted by atomic mass is 35.5. The molecule has 7 nitrogen and oxygen atoms in total. The molecular weight excluding hydrogens is 390 g/mol. The summed E-state index contributed by atoms with van der Waals surface area (Å²) in [5.41, 5.74) is 2.14. The van der Waals surface area contributed by atoms with Crippen molar-refractivity contribution in [3.63, 3.8) is 0 Å². The average molecular weight is 418 g/mol. The molecule has 2 heterocycles. The van der Waals surface area contributed by atoms with Gasteiger partial charge < -0.3 is 15.5 Å². The van der Waals surface area contributed by atoms with E-state index in [4.69, 9.17) is 11.6 Å². The molecule has 0 bridgehead atoms. The first kappa shape index (κ1) is 21.3. The molecule has 0 atom stereocenters. The Morgan fingerprint density at radius 2 is 1.93 bits per heavy atom. The van der Waals surface area contributed by atoms with Gasteiger partial charge in [-0.05, 0) is 37.2 Å². The normalized spacial score (nSPS) is 15.1. The summed E-state index contributed by atoms with van der Waals surface area (Å²) in [6.07, 6.45) is 0.915. The van der Waals surface area contributed by atoms with E-state index >= 15 is 0 Å². The van der Waals surface area contributed by atoms with Crippen molar-refractivity contribution < 1.29 is 9.59 Å². The van der Waals surface area contributed by atoms with Gasteiger partial charge in [-0.25, -0.2) is 0 Å². The molecule has 0 aliphatic carbocycles. The lowest BCUT2D eigenvalue weighted by atomic mass is 9.92. The van der Waals surface area contributed by atoms with Crippen LogP contribution in [0.3, 0.4) is 0 Å². The molecule has 3 rings (SSSR count). The van der Waals surface area contributed by atoms with Crippen LogP contribution in [-0.4, -0.2) is 52.7 Å². The summed E-state index contributed by atoms with van der Waals surface area (Å²) in [6.45, 7) is 9.19. The summed E-state index contributed by atoms with van der Waals surface area (Å²) >= 11 is 6.38. The zero-order chi connectivity index (χ0) is 21.2. The predicted molar refractivity (Wildman–Crippen MR) is 115 cm³/mol. The Morgan fingerprint density at radius 3 is 2.59 bits per heavy atom. The van der Waals surface area contributed by atoms with E-state index in [1.807, 2.05) is 25.7 Å². The second kappa shape index (κ2) is 8.55. The maximum absolute atomic E-state index is 12.8. The second-order valence-corrected chi connectivity index (χ2v) is 8.74. The second-order valence-electron chi connectivity index (χ2n) is 8.33. The molecule has 1 saturated heterocycles. The highest BCUT2D eigenvalue weighted by Crippen LogP contribution is 2.25. The quantitative estimate of drug-likeness (QED) is 0.804. The third-order valence-electron chi connectivity index (χ3n) is 4.97. The van der Waals surface area contributed by atoms with Gasteiger partial charge in [-0.3, -0.25) is 14.3 Å². The molecule has 2 aromatic rings. The number of aromatic nitrogens is 2. The minimum Gasteiger partial charge on any atom is -0.337 e. The Kier molecular flexibility index (Phi) is 6.29. The van der Waals surface area contributed by atoms with Crippen molar-refractivity contribution in [3.05, 3.63) is 46.2 Å². The van der Waals surface area contributed by atoms with Crippen LogP contribution in [0.4, 0.5) is 5.69 Å². The van der Waals surface area contributed by atoms with Crippen molar-refractivity contribution in [1.29, 1.82) is 0 Å². The number of carbonyl (C=O) groups excluding carboxylic acids is 2. The van der Waals surface area contributed by atoms with Crippen LogP contribution in [0.15, 0.2) is 24.3 Å². The number of nitrogens with zero attached hydrogens (tertiary/aromatic N) is 3. The van der Waals surface area contributed by atoms with Gasteiger partial charge in [0.2, 0.25) is 0 Å². The lowest BCUT2D eigenvalue weighted by molar-refractivity contribution is 0.0766. The van der Waals surface area contributed by atoms with E-state index in [2.05, 4.69) is 15.7 Å². The molecule has 1 aliphatic heterocycles. The van der Waals surface area contributed by atoms with E-state index < -0.39 is 0 Å². The van der Waals surface area contributed by atoms with Gasteiger partial charge in [0, 0.05) is 37.8 Å². The topological polar surface area (TPSA) is 79.3 Å². The number of anilines is 1. The fourth-order valence-electron chi connectivity index (χ4n) is 3.23. The molecule has 1 aromatic heterocycles. The number of rotatable bonds is 3. The van der Waals surface area contributed by atoms with Gasteiger partial charge in [0.15, 0.2) is 0 Å². The maximum Gasteiger partial charge on any atom is 0.273 e. The van der Waals surface area contributed by atoms with Crippen LogP contribution < -0.4 is 10.6 Å². The van der Waals surface area contributed by atoms with Crippen molar-refractivity contribution in [1.82, 2.24) is 20.0 Å². The summed E-state index contributed by atoms with van der Waals surface area (Å²) in [5.74, 6) is -0.359. The molecule has 1 aliphatic rings. The maximum atomic E-state index is 12.8. The lowest BCUT2D eigenvalue weighted by Gasteiger charge is -2.20. The Labute approximate surface area is 176 Å². The van der Waals surface area contributed by atoms with E-state index in [9.17, 15) is 9.59 Å². The standard InChI is InChI=1S/C21H28ClN5O2/c1-21(2,3)18-13-17(26(4)25-18)19(28)24-14-6-7-15(16(22)12-14)20(29)27-10-5-8-23-9-11-27/h6-7,12-13,23H,5,8-11H2,1-4H3,(H,24,28). The van der Waals surface area contributed by atoms with Crippen LogP contribution in [0.1, 0.15) is 53.7 Å². The molecule has 2 N–H and O–H groups in total. The summed E-state index contributed by atoms with van der Waals surface area (Å²) in [6, 6.07) is 6.78. The summed E-state index contributed by atoms with van der Waals surface area (Å²) in [4.78, 5) is 27.3. The number of halogens is 1. The minimum atomic E-state index is -0.274. The van der Waals surface area contributed by atoms with Gasteiger partial charge in [0.25, 0.3) is 11.8 Å². The molecular formula is C21H28ClN5O2. The smallest absolute Gasteiger partial charge is 0.273 e. The van der Waals surface area contributed by atoms with Crippen LogP contribution >= 0.6 is 11.6 Å². The SMILES string of the molecule is Cn1nc(C(C)(C)C)cc1C(=O)Nc1ccc(C(=O)N2CCCNCC2)c(Cl)c1. The highest BCUT2D eigenvalue weighted by Gasteiger charge is 2.23. The van der Waals surface area contributed by atoms with Gasteiger partial charge in [-0.1, -0.05) is 32.4 Å². The predicted octanol–water partition coefficient (Wildman–Crippen LogP) is 3.06. The van der Waals surface area contributed by atoms with E-state index in [0.717, 1.165) is 25.2 Å². The van der Waals surface area contributed by atoms with Crippen molar-refractivity contribution in [3.8, 4) is 0 Å². The number of hydrogen-bond donors (Lipinski definition) is 2. The van der Waals surface area contributed by atoms with E-state index in [0.29, 0.717) is 35.1 Å². The van der Waals surface area contributed by atoms with Crippen LogP contribution in [-0.2, 0) is 12.5 Å². The Hall–Kier alpha value is -2.38. The van der Waals surface area contributed by atoms with Crippen molar-refractivity contribution in [2.24, 2.45) is 7.05 Å². The van der Waals surface area contributed by atoms with Gasteiger partial charge >= 0.3 is 0 Å². The largest absolute Gasteiger partial charge is 0.337 e. The third kappa shape index (κ3) is 4.97. The zero-order valence-corrected chi connectivity index (χ0v) is 18.1. The number of aryl methyl sites for hydroxylation is 1. The number of benzene rings is 1. The van der Waals surface area contributed by atoms with Gasteiger partial charge in [0.05, 0.1) is 16.3 Å². The third-order valence-corrected chi connectivity index (χ3v) is 5.28. The lowest BCUT2D eigenvalue weighted by Crippen LogP contribution is -2.34. The van der Waals surface area contributed by atoms with Crippen molar-refractivity contribution in [2.45, 2.75) is 32.6 Å². The number of carbonyl (C=O) groups is 2. The van der Waals surface area contributed by atoms with Crippen molar-refractivity contribution in [2.75, 3.05) is 31.5 Å². The first-order valence-electron chi connectivity index (χ1n) is 9.82. The van der Waals surface area contributed by atoms with Crippen molar-refractivity contribution >= 4 is 29.1 Å². The summed E-state index contributed by atoms with van der Waals surface area (Å²) < 4.78 is 1.57. The first-order chi connectivity index (χ1) is 13.7. The van der Waals surface area contributed by atoms with E-state index in [1.165, 1.54) is 0 Å². The molecule has 0 spiro atoms. The summed E-state index contributed by atoms with van der Waals surface area (Å²) in [7, 11) is 1.74. The summed E-state index contributed by atoms with van der Waals surface area (Å²) in [5, 5.41) is 10.9. The minimum absolute atomic E-state index is 0.0852. The van der Waals surface area contributed by atoms with Gasteiger partial charge in [-0.15, -0.1) is 0 Å². The Morgan fingerprint density at radius 1 is 1.17 bits per heavy atom. The Balaban J connectivity index is 1.74. The monoisotopic (exact) mass is 417 g/mol. The molecule has 29 heavy (non-hydrogen) atoms. The molecule has 0 unspecified atom stereocenters. The average Bonchev–Trinajstić information content (AvgIpc) is 2.87. The van der Waals surface area contributed by atoms with E-state index in [1.54, 1.807) is 36.0 Å². The first-order valence-corrected chi connectivity index (χ1v) is 10.2. The van der Waals surface area contributed by atoms with Gasteiger partial charge in [0.1, 0.15) is 5.69 Å². The molecule has 2 amide bonds. The Bertz CT molecular complexity index is 908. The molecule has 1 fully saturated rings. The molecule has 0 radical (unpaired) electrons.